The minimum atomic E-state index is -4.11. The Morgan fingerprint density at radius 3 is 2.58 bits per heavy atom. The van der Waals surface area contributed by atoms with Crippen molar-refractivity contribution in [1.82, 2.24) is 9.78 Å². The Morgan fingerprint density at radius 1 is 1.15 bits per heavy atom. The number of nitriles is 1. The average Bonchev–Trinajstić information content (AvgIpc) is 3.11. The van der Waals surface area contributed by atoms with Crippen molar-refractivity contribution in [2.45, 2.75) is 4.90 Å². The lowest BCUT2D eigenvalue weighted by molar-refractivity contribution is 0.603. The highest BCUT2D eigenvalue weighted by Crippen LogP contribution is 2.30. The van der Waals surface area contributed by atoms with Crippen LogP contribution in [-0.2, 0) is 9.84 Å². The second kappa shape index (κ2) is 7.34. The lowest BCUT2D eigenvalue weighted by atomic mass is 10.3. The van der Waals surface area contributed by atoms with Crippen molar-refractivity contribution in [3.05, 3.63) is 81.4 Å². The number of benzene rings is 2. The number of hydrogen-bond donors (Lipinski definition) is 0. The number of para-hydroxylation sites is 1. The van der Waals surface area contributed by atoms with Gasteiger partial charge in [-0.3, -0.25) is 0 Å². The molecule has 3 rings (SSSR count). The molecule has 8 heteroatoms. The normalized spacial score (nSPS) is 12.0. The van der Waals surface area contributed by atoms with Crippen LogP contribution in [0.25, 0.3) is 11.8 Å². The Balaban J connectivity index is 2.03. The molecular weight excluding hydrogens is 393 g/mol. The fraction of sp³-hybridized carbons (Fsp3) is 0. The second-order valence-corrected chi connectivity index (χ2v) is 7.98. The molecule has 0 amide bonds. The zero-order valence-electron chi connectivity index (χ0n) is 13.2. The largest absolute Gasteiger partial charge is 0.240 e. The van der Waals surface area contributed by atoms with Gasteiger partial charge in [0, 0.05) is 16.8 Å². The molecule has 0 saturated heterocycles. The van der Waals surface area contributed by atoms with Crippen molar-refractivity contribution in [1.29, 1.82) is 5.26 Å². The molecule has 1 aromatic heterocycles. The van der Waals surface area contributed by atoms with Crippen LogP contribution in [0.1, 0.15) is 5.56 Å². The van der Waals surface area contributed by atoms with E-state index in [1.165, 1.54) is 30.5 Å². The fourth-order valence-electron chi connectivity index (χ4n) is 2.26. The van der Waals surface area contributed by atoms with Crippen LogP contribution in [0.15, 0.2) is 70.7 Å². The van der Waals surface area contributed by atoms with Gasteiger partial charge in [-0.15, -0.1) is 0 Å². The molecule has 1 heterocycles. The number of halogens is 2. The molecule has 0 N–H and O–H groups in total. The number of rotatable bonds is 4. The molecule has 130 valence electrons. The van der Waals surface area contributed by atoms with Gasteiger partial charge in [0.15, 0.2) is 0 Å². The van der Waals surface area contributed by atoms with Gasteiger partial charge in [0.1, 0.15) is 11.0 Å². The molecule has 0 radical (unpaired) electrons. The summed E-state index contributed by atoms with van der Waals surface area (Å²) in [6.45, 7) is 0. The van der Waals surface area contributed by atoms with Gasteiger partial charge in [-0.2, -0.15) is 10.4 Å². The molecule has 0 spiro atoms. The molecule has 0 fully saturated rings. The molecule has 0 aliphatic heterocycles. The highest BCUT2D eigenvalue weighted by Gasteiger charge is 2.24. The first-order valence-corrected chi connectivity index (χ1v) is 9.58. The summed E-state index contributed by atoms with van der Waals surface area (Å²) < 4.78 is 27.1. The zero-order chi connectivity index (χ0) is 18.7. The van der Waals surface area contributed by atoms with Gasteiger partial charge < -0.3 is 0 Å². The maximum atomic E-state index is 12.8. The molecule has 0 saturated carbocycles. The third-order valence-corrected chi connectivity index (χ3v) is 5.89. The standard InChI is InChI=1S/C18H11Cl2N3O2S/c19-14-6-7-17(20)18(9-14)26(24,25)16(10-21)8-13-11-22-23(12-13)15-4-2-1-3-5-15/h1-9,11-12H/b16-8+. The van der Waals surface area contributed by atoms with Crippen LogP contribution in [0.5, 0.6) is 0 Å². The van der Waals surface area contributed by atoms with Gasteiger partial charge in [-0.25, -0.2) is 13.1 Å². The van der Waals surface area contributed by atoms with Crippen LogP contribution in [0.4, 0.5) is 0 Å². The summed E-state index contributed by atoms with van der Waals surface area (Å²) in [5.74, 6) is 0. The van der Waals surface area contributed by atoms with Crippen LogP contribution in [-0.4, -0.2) is 18.2 Å². The minimum absolute atomic E-state index is 0.00414. The van der Waals surface area contributed by atoms with Crippen LogP contribution in [0.2, 0.25) is 10.0 Å². The minimum Gasteiger partial charge on any atom is -0.240 e. The first-order chi connectivity index (χ1) is 12.4. The van der Waals surface area contributed by atoms with Crippen molar-refractivity contribution in [3.8, 4) is 11.8 Å². The fourth-order valence-corrected chi connectivity index (χ4v) is 4.17. The van der Waals surface area contributed by atoms with Crippen LogP contribution in [0.3, 0.4) is 0 Å². The summed E-state index contributed by atoms with van der Waals surface area (Å²) in [6.07, 6.45) is 4.35. The van der Waals surface area contributed by atoms with E-state index >= 15 is 0 Å². The van der Waals surface area contributed by atoms with Crippen molar-refractivity contribution in [3.63, 3.8) is 0 Å². The van der Waals surface area contributed by atoms with Gasteiger partial charge in [-0.1, -0.05) is 41.4 Å². The molecule has 0 bridgehead atoms. The van der Waals surface area contributed by atoms with Crippen molar-refractivity contribution in [2.75, 3.05) is 0 Å². The van der Waals surface area contributed by atoms with Crippen LogP contribution >= 0.6 is 23.2 Å². The number of hydrogen-bond acceptors (Lipinski definition) is 4. The van der Waals surface area contributed by atoms with E-state index in [9.17, 15) is 13.7 Å². The van der Waals surface area contributed by atoms with Gasteiger partial charge in [0.05, 0.1) is 21.8 Å². The molecule has 2 aromatic carbocycles. The zero-order valence-corrected chi connectivity index (χ0v) is 15.5. The van der Waals surface area contributed by atoms with E-state index in [4.69, 9.17) is 23.2 Å². The summed E-state index contributed by atoms with van der Waals surface area (Å²) in [6, 6.07) is 15.1. The molecular formula is C18H11Cl2N3O2S. The average molecular weight is 404 g/mol. The van der Waals surface area contributed by atoms with E-state index in [1.807, 2.05) is 30.3 Å². The summed E-state index contributed by atoms with van der Waals surface area (Å²) in [4.78, 5) is -0.663. The topological polar surface area (TPSA) is 75.8 Å². The van der Waals surface area contributed by atoms with E-state index in [1.54, 1.807) is 16.9 Å². The van der Waals surface area contributed by atoms with E-state index in [-0.39, 0.29) is 14.9 Å². The molecule has 0 aliphatic carbocycles. The number of sulfone groups is 1. The van der Waals surface area contributed by atoms with Gasteiger partial charge in [0.25, 0.3) is 0 Å². The monoisotopic (exact) mass is 403 g/mol. The van der Waals surface area contributed by atoms with Crippen molar-refractivity contribution < 1.29 is 8.42 Å². The van der Waals surface area contributed by atoms with E-state index in [0.717, 1.165) is 5.69 Å². The van der Waals surface area contributed by atoms with E-state index in [0.29, 0.717) is 5.56 Å². The first-order valence-electron chi connectivity index (χ1n) is 7.34. The van der Waals surface area contributed by atoms with Gasteiger partial charge in [-0.05, 0) is 36.4 Å². The third-order valence-electron chi connectivity index (χ3n) is 3.50. The molecule has 5 nitrogen and oxygen atoms in total. The Labute approximate surface area is 160 Å². The van der Waals surface area contributed by atoms with Crippen LogP contribution in [0, 0.1) is 11.3 Å². The van der Waals surface area contributed by atoms with Gasteiger partial charge in [0.2, 0.25) is 9.84 Å². The summed E-state index contributed by atoms with van der Waals surface area (Å²) in [7, 11) is -4.11. The van der Waals surface area contributed by atoms with Crippen molar-refractivity contribution >= 4 is 39.1 Å². The lowest BCUT2D eigenvalue weighted by Crippen LogP contribution is -2.04. The maximum absolute atomic E-state index is 12.8. The lowest BCUT2D eigenvalue weighted by Gasteiger charge is -2.05. The predicted molar refractivity (Wildman–Crippen MR) is 101 cm³/mol. The smallest absolute Gasteiger partial charge is 0.218 e. The SMILES string of the molecule is N#C/C(=C\c1cnn(-c2ccccc2)c1)S(=O)(=O)c1cc(Cl)ccc1Cl. The molecule has 3 aromatic rings. The highest BCUT2D eigenvalue weighted by molar-refractivity contribution is 7.95. The Hall–Kier alpha value is -2.59. The summed E-state index contributed by atoms with van der Waals surface area (Å²) >= 11 is 11.8. The van der Waals surface area contributed by atoms with E-state index < -0.39 is 14.7 Å². The Morgan fingerprint density at radius 2 is 1.88 bits per heavy atom. The number of allylic oxidation sites excluding steroid dienone is 1. The van der Waals surface area contributed by atoms with Crippen LogP contribution < -0.4 is 0 Å². The highest BCUT2D eigenvalue weighted by atomic mass is 35.5. The first kappa shape index (κ1) is 18.2. The Bertz CT molecular complexity index is 1130. The summed E-state index contributed by atoms with van der Waals surface area (Å²) in [5.41, 5.74) is 1.28. The quantitative estimate of drug-likeness (QED) is 0.600. The molecule has 0 atom stereocenters. The Kier molecular flexibility index (Phi) is 5.14. The number of aromatic nitrogens is 2. The maximum Gasteiger partial charge on any atom is 0.218 e. The third kappa shape index (κ3) is 3.65. The van der Waals surface area contributed by atoms with Gasteiger partial charge >= 0.3 is 0 Å². The predicted octanol–water partition coefficient (Wildman–Crippen LogP) is 4.52. The molecule has 26 heavy (non-hydrogen) atoms. The number of nitrogens with zero attached hydrogens (tertiary/aromatic N) is 3. The van der Waals surface area contributed by atoms with E-state index in [2.05, 4.69) is 5.10 Å². The molecule has 0 aliphatic rings. The molecule has 0 unspecified atom stereocenters. The summed E-state index contributed by atoms with van der Waals surface area (Å²) in [5, 5.41) is 13.8. The van der Waals surface area contributed by atoms with Crippen molar-refractivity contribution in [2.24, 2.45) is 0 Å². The second-order valence-electron chi connectivity index (χ2n) is 5.25.